The van der Waals surface area contributed by atoms with E-state index in [1.54, 1.807) is 18.5 Å². The molecule has 2 unspecified atom stereocenters. The molecule has 0 radical (unpaired) electrons. The summed E-state index contributed by atoms with van der Waals surface area (Å²) in [5.74, 6) is 1.44. The van der Waals surface area contributed by atoms with Crippen molar-refractivity contribution in [3.63, 3.8) is 0 Å². The highest BCUT2D eigenvalue weighted by molar-refractivity contribution is 5.98. The van der Waals surface area contributed by atoms with Crippen molar-refractivity contribution in [3.05, 3.63) is 24.0 Å². The Kier molecular flexibility index (Phi) is 2.94. The summed E-state index contributed by atoms with van der Waals surface area (Å²) < 4.78 is 0. The number of nitrogens with two attached hydrogens (primary N) is 1. The van der Waals surface area contributed by atoms with Crippen molar-refractivity contribution < 1.29 is 4.79 Å². The molecule has 1 aliphatic heterocycles. The quantitative estimate of drug-likeness (QED) is 0.822. The normalized spacial score (nSPS) is 27.0. The first-order valence-electron chi connectivity index (χ1n) is 6.73. The van der Waals surface area contributed by atoms with Crippen LogP contribution in [0.15, 0.2) is 18.5 Å². The first-order chi connectivity index (χ1) is 8.74. The minimum Gasteiger partial charge on any atom is -0.398 e. The molecule has 2 bridgehead atoms. The summed E-state index contributed by atoms with van der Waals surface area (Å²) in [5.41, 5.74) is 6.94. The summed E-state index contributed by atoms with van der Waals surface area (Å²) in [6.45, 7) is 1.79. The van der Waals surface area contributed by atoms with E-state index in [9.17, 15) is 4.79 Å². The van der Waals surface area contributed by atoms with E-state index in [2.05, 4.69) is 4.98 Å². The number of fused-ring (bicyclic) bond motifs is 2. The van der Waals surface area contributed by atoms with E-state index < -0.39 is 0 Å². The van der Waals surface area contributed by atoms with Gasteiger partial charge in [-0.3, -0.25) is 9.78 Å². The van der Waals surface area contributed by atoms with E-state index in [-0.39, 0.29) is 5.91 Å². The number of rotatable bonds is 1. The Hall–Kier alpha value is -1.58. The van der Waals surface area contributed by atoms with Crippen LogP contribution in [0.2, 0.25) is 0 Å². The van der Waals surface area contributed by atoms with Crippen molar-refractivity contribution in [2.75, 3.05) is 18.8 Å². The van der Waals surface area contributed by atoms with Crippen molar-refractivity contribution in [1.82, 2.24) is 9.88 Å². The number of amides is 1. The molecule has 2 fully saturated rings. The van der Waals surface area contributed by atoms with Crippen LogP contribution in [0.1, 0.15) is 36.0 Å². The summed E-state index contributed by atoms with van der Waals surface area (Å²) in [5, 5.41) is 0. The zero-order valence-electron chi connectivity index (χ0n) is 10.5. The molecule has 4 heteroatoms. The van der Waals surface area contributed by atoms with Gasteiger partial charge in [0.1, 0.15) is 0 Å². The van der Waals surface area contributed by atoms with Gasteiger partial charge in [0.05, 0.1) is 5.56 Å². The number of hydrogen-bond acceptors (Lipinski definition) is 3. The molecule has 2 aliphatic rings. The van der Waals surface area contributed by atoms with Gasteiger partial charge < -0.3 is 10.6 Å². The van der Waals surface area contributed by atoms with Crippen LogP contribution in [0.4, 0.5) is 5.69 Å². The maximum Gasteiger partial charge on any atom is 0.257 e. The maximum atomic E-state index is 12.5. The number of anilines is 1. The van der Waals surface area contributed by atoms with Crippen LogP contribution in [0.5, 0.6) is 0 Å². The molecule has 1 aromatic heterocycles. The van der Waals surface area contributed by atoms with Crippen LogP contribution >= 0.6 is 0 Å². The van der Waals surface area contributed by atoms with E-state index in [0.717, 1.165) is 13.1 Å². The fourth-order valence-corrected chi connectivity index (χ4v) is 3.35. The summed E-state index contributed by atoms with van der Waals surface area (Å²) in [7, 11) is 0. The molecule has 0 aromatic carbocycles. The molecule has 2 atom stereocenters. The smallest absolute Gasteiger partial charge is 0.257 e. The number of piperidine rings is 1. The van der Waals surface area contributed by atoms with Crippen molar-refractivity contribution >= 4 is 11.6 Å². The number of carbonyl (C=O) groups excluding carboxylic acids is 1. The van der Waals surface area contributed by atoms with E-state index in [0.29, 0.717) is 23.1 Å². The first-order valence-corrected chi connectivity index (χ1v) is 6.73. The third-order valence-electron chi connectivity index (χ3n) is 4.22. The molecule has 1 aromatic rings. The number of nitrogen functional groups attached to an aromatic ring is 1. The van der Waals surface area contributed by atoms with Gasteiger partial charge in [0.25, 0.3) is 5.91 Å². The van der Waals surface area contributed by atoms with E-state index in [1.165, 1.54) is 25.7 Å². The Morgan fingerprint density at radius 2 is 2.06 bits per heavy atom. The van der Waals surface area contributed by atoms with Gasteiger partial charge in [-0.15, -0.1) is 0 Å². The van der Waals surface area contributed by atoms with Gasteiger partial charge in [-0.2, -0.15) is 0 Å². The van der Waals surface area contributed by atoms with Crippen molar-refractivity contribution in [2.45, 2.75) is 25.7 Å². The fraction of sp³-hybridized carbons (Fsp3) is 0.571. The van der Waals surface area contributed by atoms with Gasteiger partial charge in [0.15, 0.2) is 0 Å². The molecule has 3 rings (SSSR count). The van der Waals surface area contributed by atoms with Gasteiger partial charge in [-0.25, -0.2) is 0 Å². The Bertz CT molecular complexity index is 448. The van der Waals surface area contributed by atoms with E-state index in [4.69, 9.17) is 5.73 Å². The highest BCUT2D eigenvalue weighted by Crippen LogP contribution is 2.35. The van der Waals surface area contributed by atoms with E-state index in [1.807, 2.05) is 4.90 Å². The van der Waals surface area contributed by atoms with Gasteiger partial charge in [-0.05, 0) is 37.2 Å². The van der Waals surface area contributed by atoms with Crippen LogP contribution in [0, 0.1) is 11.8 Å². The highest BCUT2D eigenvalue weighted by atomic mass is 16.2. The largest absolute Gasteiger partial charge is 0.398 e. The molecule has 18 heavy (non-hydrogen) atoms. The third kappa shape index (κ3) is 2.07. The zero-order chi connectivity index (χ0) is 12.5. The number of pyridine rings is 1. The SMILES string of the molecule is Nc1ccncc1C(=O)N1CC2CCCC(C2)C1. The monoisotopic (exact) mass is 245 g/mol. The molecule has 1 aliphatic carbocycles. The average molecular weight is 245 g/mol. The number of aromatic nitrogens is 1. The van der Waals surface area contributed by atoms with Gasteiger partial charge in [0.2, 0.25) is 0 Å². The molecule has 1 amide bonds. The number of carbonyl (C=O) groups is 1. The first kappa shape index (κ1) is 11.5. The zero-order valence-corrected chi connectivity index (χ0v) is 10.5. The van der Waals surface area contributed by atoms with Crippen LogP contribution in [-0.4, -0.2) is 28.9 Å². The predicted octanol–water partition coefficient (Wildman–Crippen LogP) is 1.93. The summed E-state index contributed by atoms with van der Waals surface area (Å²) in [4.78, 5) is 18.4. The topological polar surface area (TPSA) is 59.2 Å². The lowest BCUT2D eigenvalue weighted by Gasteiger charge is -2.41. The molecule has 0 spiro atoms. The van der Waals surface area contributed by atoms with Gasteiger partial charge >= 0.3 is 0 Å². The Morgan fingerprint density at radius 1 is 1.33 bits per heavy atom. The van der Waals surface area contributed by atoms with Crippen molar-refractivity contribution in [1.29, 1.82) is 0 Å². The predicted molar refractivity (Wildman–Crippen MR) is 70.0 cm³/mol. The molecule has 2 N–H and O–H groups in total. The standard InChI is InChI=1S/C14H19N3O/c15-13-4-5-16-7-12(13)14(18)17-8-10-2-1-3-11(6-10)9-17/h4-5,7,10-11H,1-3,6,8-9H2,(H2,15,16). The lowest BCUT2D eigenvalue weighted by atomic mass is 9.78. The lowest BCUT2D eigenvalue weighted by molar-refractivity contribution is 0.0505. The Balaban J connectivity index is 1.79. The number of nitrogens with zero attached hydrogens (tertiary/aromatic N) is 2. The molecule has 1 saturated heterocycles. The second-order valence-corrected chi connectivity index (χ2v) is 5.57. The second-order valence-electron chi connectivity index (χ2n) is 5.57. The molecule has 4 nitrogen and oxygen atoms in total. The van der Waals surface area contributed by atoms with E-state index >= 15 is 0 Å². The van der Waals surface area contributed by atoms with Crippen molar-refractivity contribution in [2.24, 2.45) is 11.8 Å². The maximum absolute atomic E-state index is 12.5. The number of likely N-dealkylation sites (tertiary alicyclic amines) is 1. The van der Waals surface area contributed by atoms with Crippen LogP contribution in [-0.2, 0) is 0 Å². The average Bonchev–Trinajstić information content (AvgIpc) is 2.38. The Morgan fingerprint density at radius 3 is 2.72 bits per heavy atom. The second kappa shape index (κ2) is 4.59. The lowest BCUT2D eigenvalue weighted by Crippen LogP contribution is -2.45. The molecule has 1 saturated carbocycles. The van der Waals surface area contributed by atoms with Gasteiger partial charge in [0, 0.05) is 31.2 Å². The molecular formula is C14H19N3O. The van der Waals surface area contributed by atoms with Crippen LogP contribution in [0.25, 0.3) is 0 Å². The van der Waals surface area contributed by atoms with Gasteiger partial charge in [-0.1, -0.05) is 6.42 Å². The fourth-order valence-electron chi connectivity index (χ4n) is 3.35. The molecule has 96 valence electrons. The van der Waals surface area contributed by atoms with Crippen LogP contribution in [0.3, 0.4) is 0 Å². The molecule has 2 heterocycles. The minimum atomic E-state index is 0.0530. The summed E-state index contributed by atoms with van der Waals surface area (Å²) >= 11 is 0. The van der Waals surface area contributed by atoms with Crippen LogP contribution < -0.4 is 5.73 Å². The minimum absolute atomic E-state index is 0.0530. The highest BCUT2D eigenvalue weighted by Gasteiger charge is 2.33. The third-order valence-corrected chi connectivity index (χ3v) is 4.22. The summed E-state index contributed by atoms with van der Waals surface area (Å²) in [6, 6.07) is 1.69. The number of hydrogen-bond donors (Lipinski definition) is 1. The van der Waals surface area contributed by atoms with Crippen molar-refractivity contribution in [3.8, 4) is 0 Å². The Labute approximate surface area is 107 Å². The summed E-state index contributed by atoms with van der Waals surface area (Å²) in [6.07, 6.45) is 8.36. The molecular weight excluding hydrogens is 226 g/mol.